The molecule has 20 heavy (non-hydrogen) atoms. The largest absolute Gasteiger partial charge is 0.345 e. The molecule has 1 atom stereocenters. The first-order valence-corrected chi connectivity index (χ1v) is 6.69. The fourth-order valence-electron chi connectivity index (χ4n) is 1.94. The lowest BCUT2D eigenvalue weighted by Gasteiger charge is -2.33. The maximum Gasteiger partial charge on any atom is 0.251 e. The van der Waals surface area contributed by atoms with Gasteiger partial charge in [-0.1, -0.05) is 19.1 Å². The zero-order valence-corrected chi connectivity index (χ0v) is 12.3. The van der Waals surface area contributed by atoms with E-state index in [1.165, 1.54) is 0 Å². The Morgan fingerprint density at radius 2 is 2.20 bits per heavy atom. The van der Waals surface area contributed by atoms with Crippen molar-refractivity contribution in [2.75, 3.05) is 6.54 Å². The van der Waals surface area contributed by atoms with E-state index in [9.17, 15) is 4.79 Å². The zero-order valence-electron chi connectivity index (χ0n) is 12.3. The lowest BCUT2D eigenvalue weighted by atomic mass is 9.88. The monoisotopic (exact) mass is 275 g/mol. The van der Waals surface area contributed by atoms with Crippen LogP contribution in [0.5, 0.6) is 0 Å². The van der Waals surface area contributed by atoms with E-state index in [0.717, 1.165) is 5.52 Å². The van der Waals surface area contributed by atoms with Gasteiger partial charge in [0.2, 0.25) is 0 Å². The molecule has 0 bridgehead atoms. The normalized spacial score (nSPS) is 14.5. The van der Waals surface area contributed by atoms with E-state index in [1.807, 2.05) is 33.9 Å². The standard InChI is InChI=1S/C14H21N5O/c1-9(2)14(3,8-15)16-13(20)10-5-6-12-11(7-10)17-18-19(12)4/h5-7,9H,8,15H2,1-4H3,(H,16,20). The molecule has 108 valence electrons. The van der Waals surface area contributed by atoms with Gasteiger partial charge in [-0.25, -0.2) is 4.68 Å². The second kappa shape index (κ2) is 5.20. The van der Waals surface area contributed by atoms with Crippen LogP contribution >= 0.6 is 0 Å². The van der Waals surface area contributed by atoms with Gasteiger partial charge in [0.1, 0.15) is 5.52 Å². The number of nitrogens with zero attached hydrogens (tertiary/aromatic N) is 3. The predicted molar refractivity (Wildman–Crippen MR) is 78.3 cm³/mol. The number of nitrogens with one attached hydrogen (secondary N) is 1. The number of hydrogen-bond acceptors (Lipinski definition) is 4. The molecule has 1 unspecified atom stereocenters. The highest BCUT2D eigenvalue weighted by Gasteiger charge is 2.29. The van der Waals surface area contributed by atoms with Gasteiger partial charge >= 0.3 is 0 Å². The Hall–Kier alpha value is -1.95. The summed E-state index contributed by atoms with van der Waals surface area (Å²) in [6.45, 7) is 6.43. The SMILES string of the molecule is CC(C)C(C)(CN)NC(=O)c1ccc2c(c1)nnn2C. The van der Waals surface area contributed by atoms with Gasteiger partial charge in [0.25, 0.3) is 5.91 Å². The third-order valence-corrected chi connectivity index (χ3v) is 3.97. The molecule has 0 radical (unpaired) electrons. The Kier molecular flexibility index (Phi) is 3.76. The molecule has 6 heteroatoms. The molecular weight excluding hydrogens is 254 g/mol. The second-order valence-corrected chi connectivity index (χ2v) is 5.65. The average molecular weight is 275 g/mol. The molecule has 3 N–H and O–H groups in total. The van der Waals surface area contributed by atoms with E-state index in [0.29, 0.717) is 17.6 Å². The molecule has 2 aromatic rings. The van der Waals surface area contributed by atoms with Gasteiger partial charge in [0.05, 0.1) is 11.1 Å². The maximum absolute atomic E-state index is 12.4. The summed E-state index contributed by atoms with van der Waals surface area (Å²) in [5.41, 5.74) is 7.54. The first-order valence-electron chi connectivity index (χ1n) is 6.69. The van der Waals surface area contributed by atoms with Gasteiger partial charge in [-0.3, -0.25) is 4.79 Å². The van der Waals surface area contributed by atoms with Crippen molar-refractivity contribution in [3.63, 3.8) is 0 Å². The number of hydrogen-bond donors (Lipinski definition) is 2. The molecule has 1 heterocycles. The third kappa shape index (κ3) is 2.51. The highest BCUT2D eigenvalue weighted by molar-refractivity contribution is 5.97. The number of benzene rings is 1. The number of nitrogens with two attached hydrogens (primary N) is 1. The summed E-state index contributed by atoms with van der Waals surface area (Å²) < 4.78 is 1.68. The van der Waals surface area contributed by atoms with Crippen LogP contribution in [0.25, 0.3) is 11.0 Å². The Morgan fingerprint density at radius 1 is 1.50 bits per heavy atom. The fraction of sp³-hybridized carbons (Fsp3) is 0.500. The molecule has 0 aliphatic heterocycles. The van der Waals surface area contributed by atoms with Crippen LogP contribution in [-0.4, -0.2) is 33.0 Å². The second-order valence-electron chi connectivity index (χ2n) is 5.65. The fourth-order valence-corrected chi connectivity index (χ4v) is 1.94. The summed E-state index contributed by atoms with van der Waals surface area (Å²) in [4.78, 5) is 12.4. The summed E-state index contributed by atoms with van der Waals surface area (Å²) in [7, 11) is 1.82. The van der Waals surface area contributed by atoms with Crippen molar-refractivity contribution in [1.29, 1.82) is 0 Å². The van der Waals surface area contributed by atoms with Gasteiger partial charge in [0.15, 0.2) is 0 Å². The molecule has 1 aromatic carbocycles. The van der Waals surface area contributed by atoms with Crippen molar-refractivity contribution in [2.45, 2.75) is 26.3 Å². The van der Waals surface area contributed by atoms with Crippen molar-refractivity contribution in [1.82, 2.24) is 20.3 Å². The maximum atomic E-state index is 12.4. The van der Waals surface area contributed by atoms with Crippen LogP contribution in [0.1, 0.15) is 31.1 Å². The summed E-state index contributed by atoms with van der Waals surface area (Å²) in [6.07, 6.45) is 0. The van der Waals surface area contributed by atoms with Crippen molar-refractivity contribution in [2.24, 2.45) is 18.7 Å². The van der Waals surface area contributed by atoms with Crippen molar-refractivity contribution < 1.29 is 4.79 Å². The van der Waals surface area contributed by atoms with Gasteiger partial charge in [0, 0.05) is 19.2 Å². The Bertz CT molecular complexity index is 634. The Labute approximate surface area is 118 Å². The Morgan fingerprint density at radius 3 is 2.80 bits per heavy atom. The minimum atomic E-state index is -0.422. The smallest absolute Gasteiger partial charge is 0.251 e. The van der Waals surface area contributed by atoms with E-state index in [4.69, 9.17) is 5.73 Å². The van der Waals surface area contributed by atoms with Crippen molar-refractivity contribution in [3.8, 4) is 0 Å². The first-order chi connectivity index (χ1) is 9.37. The molecule has 0 aliphatic carbocycles. The van der Waals surface area contributed by atoms with Gasteiger partial charge in [-0.2, -0.15) is 0 Å². The summed E-state index contributed by atoms with van der Waals surface area (Å²) in [5, 5.41) is 11.0. The Balaban J connectivity index is 2.27. The summed E-state index contributed by atoms with van der Waals surface area (Å²) >= 11 is 0. The molecule has 0 fully saturated rings. The van der Waals surface area contributed by atoms with Crippen LogP contribution in [-0.2, 0) is 7.05 Å². The van der Waals surface area contributed by atoms with E-state index in [-0.39, 0.29) is 11.8 Å². The van der Waals surface area contributed by atoms with E-state index in [1.54, 1.807) is 16.8 Å². The lowest BCUT2D eigenvalue weighted by Crippen LogP contribution is -2.55. The minimum absolute atomic E-state index is 0.140. The van der Waals surface area contributed by atoms with Gasteiger partial charge < -0.3 is 11.1 Å². The van der Waals surface area contributed by atoms with Crippen LogP contribution in [0.3, 0.4) is 0 Å². The van der Waals surface area contributed by atoms with E-state index >= 15 is 0 Å². The lowest BCUT2D eigenvalue weighted by molar-refractivity contribution is 0.0883. The number of aromatic nitrogens is 3. The molecule has 0 saturated heterocycles. The molecule has 1 amide bonds. The number of amides is 1. The molecule has 0 aliphatic rings. The van der Waals surface area contributed by atoms with Crippen LogP contribution < -0.4 is 11.1 Å². The van der Waals surface area contributed by atoms with Crippen LogP contribution in [0.4, 0.5) is 0 Å². The first kappa shape index (κ1) is 14.5. The quantitative estimate of drug-likeness (QED) is 0.874. The van der Waals surface area contributed by atoms with Crippen molar-refractivity contribution >= 4 is 16.9 Å². The van der Waals surface area contributed by atoms with Gasteiger partial charge in [-0.15, -0.1) is 5.10 Å². The predicted octanol–water partition coefficient (Wildman–Crippen LogP) is 1.07. The number of aryl methyl sites for hydroxylation is 1. The molecular formula is C14H21N5O. The summed E-state index contributed by atoms with van der Waals surface area (Å²) in [5.74, 6) is 0.107. The molecule has 0 spiro atoms. The third-order valence-electron chi connectivity index (χ3n) is 3.97. The molecule has 2 rings (SSSR count). The minimum Gasteiger partial charge on any atom is -0.345 e. The topological polar surface area (TPSA) is 85.8 Å². The van der Waals surface area contributed by atoms with Crippen LogP contribution in [0.2, 0.25) is 0 Å². The average Bonchev–Trinajstić information content (AvgIpc) is 2.79. The highest BCUT2D eigenvalue weighted by atomic mass is 16.1. The van der Waals surface area contributed by atoms with Crippen molar-refractivity contribution in [3.05, 3.63) is 23.8 Å². The number of rotatable bonds is 4. The van der Waals surface area contributed by atoms with Crippen LogP contribution in [0, 0.1) is 5.92 Å². The van der Waals surface area contributed by atoms with Crippen LogP contribution in [0.15, 0.2) is 18.2 Å². The summed E-state index contributed by atoms with van der Waals surface area (Å²) in [6, 6.07) is 5.37. The molecule has 6 nitrogen and oxygen atoms in total. The molecule has 0 saturated carbocycles. The number of carbonyl (C=O) groups is 1. The van der Waals surface area contributed by atoms with Gasteiger partial charge in [-0.05, 0) is 31.0 Å². The number of fused-ring (bicyclic) bond motifs is 1. The molecule has 1 aromatic heterocycles. The zero-order chi connectivity index (χ0) is 14.9. The van der Waals surface area contributed by atoms with E-state index in [2.05, 4.69) is 15.6 Å². The number of carbonyl (C=O) groups excluding carboxylic acids is 1. The van der Waals surface area contributed by atoms with E-state index < -0.39 is 5.54 Å². The highest BCUT2D eigenvalue weighted by Crippen LogP contribution is 2.17.